The van der Waals surface area contributed by atoms with Crippen LogP contribution in [0, 0.1) is 15.9 Å². The maximum absolute atomic E-state index is 13.0. The fourth-order valence-corrected chi connectivity index (χ4v) is 3.98. The molecule has 30 heavy (non-hydrogen) atoms. The molecule has 8 nitrogen and oxygen atoms in total. The molecule has 0 aliphatic rings. The Morgan fingerprint density at radius 1 is 1.07 bits per heavy atom. The van der Waals surface area contributed by atoms with Crippen LogP contribution in [0.25, 0.3) is 12.2 Å². The summed E-state index contributed by atoms with van der Waals surface area (Å²) in [6.45, 7) is 0.215. The SMILES string of the molecule is O=c1[nH]c(/C=C\c2cc(Br)c(OCc3ccc(F)cc3)c(Br)c2)c([N+](=O)[O-])c(=O)[nH]1. The van der Waals surface area contributed by atoms with Gasteiger partial charge in [0.15, 0.2) is 0 Å². The molecule has 0 saturated heterocycles. The third-order valence-corrected chi connectivity index (χ3v) is 5.07. The molecule has 1 aromatic heterocycles. The smallest absolute Gasteiger partial charge is 0.357 e. The van der Waals surface area contributed by atoms with E-state index in [9.17, 15) is 24.1 Å². The second kappa shape index (κ2) is 9.18. The fraction of sp³-hybridized carbons (Fsp3) is 0.0526. The van der Waals surface area contributed by atoms with E-state index in [1.54, 1.807) is 24.3 Å². The number of halogens is 3. The molecule has 0 aliphatic carbocycles. The predicted molar refractivity (Wildman–Crippen MR) is 116 cm³/mol. The lowest BCUT2D eigenvalue weighted by atomic mass is 10.2. The van der Waals surface area contributed by atoms with E-state index in [0.717, 1.165) is 5.56 Å². The van der Waals surface area contributed by atoms with Crippen molar-refractivity contribution in [1.82, 2.24) is 9.97 Å². The molecule has 0 saturated carbocycles. The van der Waals surface area contributed by atoms with E-state index in [-0.39, 0.29) is 18.1 Å². The Hall–Kier alpha value is -3.05. The number of benzene rings is 2. The molecule has 11 heteroatoms. The van der Waals surface area contributed by atoms with Gasteiger partial charge in [-0.15, -0.1) is 0 Å². The number of aromatic amines is 2. The van der Waals surface area contributed by atoms with E-state index in [2.05, 4.69) is 36.8 Å². The van der Waals surface area contributed by atoms with Gasteiger partial charge in [0.2, 0.25) is 0 Å². The van der Waals surface area contributed by atoms with E-state index in [4.69, 9.17) is 4.74 Å². The van der Waals surface area contributed by atoms with Crippen molar-refractivity contribution in [3.8, 4) is 5.75 Å². The van der Waals surface area contributed by atoms with Crippen LogP contribution in [0.15, 0.2) is 54.9 Å². The zero-order valence-corrected chi connectivity index (χ0v) is 18.1. The summed E-state index contributed by atoms with van der Waals surface area (Å²) < 4.78 is 19.9. The van der Waals surface area contributed by atoms with E-state index >= 15 is 0 Å². The van der Waals surface area contributed by atoms with Crippen molar-refractivity contribution in [2.24, 2.45) is 0 Å². The van der Waals surface area contributed by atoms with Crippen LogP contribution in [0.5, 0.6) is 5.75 Å². The summed E-state index contributed by atoms with van der Waals surface area (Å²) in [6, 6.07) is 9.30. The van der Waals surface area contributed by atoms with E-state index in [0.29, 0.717) is 20.3 Å². The van der Waals surface area contributed by atoms with Crippen molar-refractivity contribution in [2.45, 2.75) is 6.61 Å². The molecule has 0 spiro atoms. The highest BCUT2D eigenvalue weighted by atomic mass is 79.9. The molecule has 3 aromatic rings. The summed E-state index contributed by atoms with van der Waals surface area (Å²) in [5, 5.41) is 11.1. The van der Waals surface area contributed by atoms with Crippen LogP contribution in [0.1, 0.15) is 16.8 Å². The molecule has 0 aliphatic heterocycles. The third-order valence-electron chi connectivity index (χ3n) is 3.89. The van der Waals surface area contributed by atoms with Gasteiger partial charge < -0.3 is 9.72 Å². The van der Waals surface area contributed by atoms with Crippen LogP contribution in [-0.2, 0) is 6.61 Å². The topological polar surface area (TPSA) is 118 Å². The molecule has 0 radical (unpaired) electrons. The summed E-state index contributed by atoms with van der Waals surface area (Å²) >= 11 is 6.80. The highest BCUT2D eigenvalue weighted by molar-refractivity contribution is 9.11. The molecule has 0 fully saturated rings. The number of hydrogen-bond acceptors (Lipinski definition) is 5. The molecule has 2 N–H and O–H groups in total. The molecule has 1 heterocycles. The summed E-state index contributed by atoms with van der Waals surface area (Å²) in [4.78, 5) is 37.4. The fourth-order valence-electron chi connectivity index (χ4n) is 2.53. The van der Waals surface area contributed by atoms with E-state index in [1.807, 2.05) is 4.98 Å². The quantitative estimate of drug-likeness (QED) is 0.355. The summed E-state index contributed by atoms with van der Waals surface area (Å²) in [6.07, 6.45) is 2.76. The molecular weight excluding hydrogens is 529 g/mol. The molecule has 0 bridgehead atoms. The van der Waals surface area contributed by atoms with Crippen molar-refractivity contribution in [3.05, 3.63) is 98.9 Å². The predicted octanol–water partition coefficient (Wildman–Crippen LogP) is 4.38. The standard InChI is InChI=1S/C19H12Br2FN3O5/c20-13-7-11(3-6-15-16(25(28)29)18(26)24-19(27)23-15)8-14(21)17(13)30-9-10-1-4-12(22)5-2-10/h1-8H,9H2,(H2,23,24,26,27)/b6-3-. The highest BCUT2D eigenvalue weighted by Gasteiger charge is 2.19. The largest absolute Gasteiger partial charge is 0.487 e. The first-order valence-electron chi connectivity index (χ1n) is 8.30. The van der Waals surface area contributed by atoms with Crippen LogP contribution >= 0.6 is 31.9 Å². The summed E-state index contributed by atoms with van der Waals surface area (Å²) in [7, 11) is 0. The van der Waals surface area contributed by atoms with E-state index < -0.39 is 21.9 Å². The molecule has 0 amide bonds. The number of H-pyrrole nitrogens is 2. The second-order valence-corrected chi connectivity index (χ2v) is 7.70. The van der Waals surface area contributed by atoms with Crippen molar-refractivity contribution in [2.75, 3.05) is 0 Å². The summed E-state index contributed by atoms with van der Waals surface area (Å²) in [5.41, 5.74) is -1.53. The Morgan fingerprint density at radius 2 is 1.70 bits per heavy atom. The zero-order valence-electron chi connectivity index (χ0n) is 14.9. The Bertz CT molecular complexity index is 1230. The minimum absolute atomic E-state index is 0.215. The Labute approximate surface area is 184 Å². The minimum atomic E-state index is -1.09. The average molecular weight is 541 g/mol. The van der Waals surface area contributed by atoms with Crippen LogP contribution in [0.4, 0.5) is 10.1 Å². The lowest BCUT2D eigenvalue weighted by molar-refractivity contribution is -0.386. The maximum Gasteiger partial charge on any atom is 0.357 e. The van der Waals surface area contributed by atoms with Gasteiger partial charge in [0.25, 0.3) is 0 Å². The molecule has 0 atom stereocenters. The number of aromatic nitrogens is 2. The maximum atomic E-state index is 13.0. The molecule has 154 valence electrons. The van der Waals surface area contributed by atoms with Crippen molar-refractivity contribution >= 4 is 49.7 Å². The van der Waals surface area contributed by atoms with Crippen molar-refractivity contribution in [3.63, 3.8) is 0 Å². The average Bonchev–Trinajstić information content (AvgIpc) is 2.66. The number of rotatable bonds is 6. The lowest BCUT2D eigenvalue weighted by Crippen LogP contribution is -2.25. The van der Waals surface area contributed by atoms with Crippen LogP contribution in [-0.4, -0.2) is 14.9 Å². The van der Waals surface area contributed by atoms with Crippen molar-refractivity contribution in [1.29, 1.82) is 0 Å². The summed E-state index contributed by atoms with van der Waals surface area (Å²) in [5.74, 6) is 0.172. The van der Waals surface area contributed by atoms with Gasteiger partial charge in [-0.05, 0) is 73.3 Å². The number of ether oxygens (including phenoxy) is 1. The molecule has 3 rings (SSSR count). The van der Waals surface area contributed by atoms with Gasteiger partial charge in [-0.3, -0.25) is 19.9 Å². The number of nitrogens with one attached hydrogen (secondary N) is 2. The number of nitrogens with zero attached hydrogens (tertiary/aromatic N) is 1. The Kier molecular flexibility index (Phi) is 6.63. The lowest BCUT2D eigenvalue weighted by Gasteiger charge is -2.11. The zero-order chi connectivity index (χ0) is 21.8. The first kappa shape index (κ1) is 21.7. The van der Waals surface area contributed by atoms with Crippen LogP contribution in [0.2, 0.25) is 0 Å². The molecular formula is C19H12Br2FN3O5. The number of hydrogen-bond donors (Lipinski definition) is 2. The number of nitro groups is 1. The second-order valence-electron chi connectivity index (χ2n) is 5.99. The van der Waals surface area contributed by atoms with Gasteiger partial charge in [0, 0.05) is 0 Å². The minimum Gasteiger partial charge on any atom is -0.487 e. The van der Waals surface area contributed by atoms with Gasteiger partial charge >= 0.3 is 16.9 Å². The Morgan fingerprint density at radius 3 is 2.30 bits per heavy atom. The normalized spacial score (nSPS) is 11.0. The van der Waals surface area contributed by atoms with Crippen LogP contribution < -0.4 is 16.0 Å². The first-order chi connectivity index (χ1) is 14.2. The van der Waals surface area contributed by atoms with Crippen LogP contribution in [0.3, 0.4) is 0 Å². The third kappa shape index (κ3) is 5.10. The molecule has 2 aromatic carbocycles. The highest BCUT2D eigenvalue weighted by Crippen LogP contribution is 2.36. The Balaban J connectivity index is 1.85. The van der Waals surface area contributed by atoms with Gasteiger partial charge in [-0.2, -0.15) is 0 Å². The van der Waals surface area contributed by atoms with E-state index in [1.165, 1.54) is 24.3 Å². The van der Waals surface area contributed by atoms with Gasteiger partial charge in [-0.1, -0.05) is 18.2 Å². The van der Waals surface area contributed by atoms with Gasteiger partial charge in [0.1, 0.15) is 23.9 Å². The van der Waals surface area contributed by atoms with Gasteiger partial charge in [-0.25, -0.2) is 9.18 Å². The molecule has 0 unspecified atom stereocenters. The first-order valence-corrected chi connectivity index (χ1v) is 9.88. The van der Waals surface area contributed by atoms with Gasteiger partial charge in [0.05, 0.1) is 13.9 Å². The van der Waals surface area contributed by atoms with Crippen molar-refractivity contribution < 1.29 is 14.1 Å². The monoisotopic (exact) mass is 539 g/mol.